The largest absolute Gasteiger partial charge is 0.384 e. The van der Waals surface area contributed by atoms with Crippen molar-refractivity contribution in [2.45, 2.75) is 6.54 Å². The molecule has 9 heteroatoms. The molecule has 114 valence electrons. The number of nitrogens with zero attached hydrogens (tertiary/aromatic N) is 2. The molecule has 0 unspecified atom stereocenters. The molecule has 1 heterocycles. The van der Waals surface area contributed by atoms with E-state index in [4.69, 9.17) is 20.9 Å². The zero-order valence-electron chi connectivity index (χ0n) is 11.2. The first kappa shape index (κ1) is 15.9. The summed E-state index contributed by atoms with van der Waals surface area (Å²) in [5.41, 5.74) is 0.694. The van der Waals surface area contributed by atoms with Gasteiger partial charge in [0.1, 0.15) is 0 Å². The van der Waals surface area contributed by atoms with Crippen LogP contribution in [-0.2, 0) is 21.3 Å². The predicted molar refractivity (Wildman–Crippen MR) is 77.2 cm³/mol. The monoisotopic (exact) mass is 331 g/mol. The third-order valence-corrected chi connectivity index (χ3v) is 4.07. The first-order valence-electron chi connectivity index (χ1n) is 6.05. The van der Waals surface area contributed by atoms with Crippen LogP contribution in [0, 0.1) is 0 Å². The number of halogens is 1. The number of nitrogens with one attached hydrogen (secondary N) is 1. The van der Waals surface area contributed by atoms with Crippen molar-refractivity contribution in [3.8, 4) is 11.4 Å². The summed E-state index contributed by atoms with van der Waals surface area (Å²) in [6.07, 6.45) is 0. The number of aromatic nitrogens is 2. The van der Waals surface area contributed by atoms with E-state index in [2.05, 4.69) is 14.9 Å². The highest BCUT2D eigenvalue weighted by molar-refractivity contribution is 7.89. The molecule has 1 aromatic heterocycles. The van der Waals surface area contributed by atoms with Crippen molar-refractivity contribution in [1.82, 2.24) is 14.9 Å². The van der Waals surface area contributed by atoms with E-state index in [1.54, 1.807) is 24.3 Å². The van der Waals surface area contributed by atoms with Gasteiger partial charge in [0.05, 0.1) is 18.9 Å². The Morgan fingerprint density at radius 1 is 1.43 bits per heavy atom. The highest BCUT2D eigenvalue weighted by Crippen LogP contribution is 2.19. The first-order chi connectivity index (χ1) is 10.00. The lowest BCUT2D eigenvalue weighted by molar-refractivity contribution is 0.217. The molecule has 21 heavy (non-hydrogen) atoms. The Bertz CT molecular complexity index is 702. The van der Waals surface area contributed by atoms with E-state index in [1.807, 2.05) is 0 Å². The number of ether oxygens (including phenoxy) is 1. The van der Waals surface area contributed by atoms with Gasteiger partial charge in [-0.3, -0.25) is 0 Å². The zero-order valence-corrected chi connectivity index (χ0v) is 12.8. The van der Waals surface area contributed by atoms with Crippen molar-refractivity contribution < 1.29 is 17.7 Å². The van der Waals surface area contributed by atoms with Crippen LogP contribution in [0.3, 0.4) is 0 Å². The van der Waals surface area contributed by atoms with Crippen molar-refractivity contribution >= 4 is 21.6 Å². The normalized spacial score (nSPS) is 11.7. The summed E-state index contributed by atoms with van der Waals surface area (Å²) in [4.78, 5) is 4.11. The SMILES string of the molecule is COCCS(=O)(=O)NCc1nc(-c2cccc(Cl)c2)no1. The molecule has 7 nitrogen and oxygen atoms in total. The van der Waals surface area contributed by atoms with Gasteiger partial charge in [-0.2, -0.15) is 4.98 Å². The molecule has 1 aromatic carbocycles. The molecule has 0 bridgehead atoms. The number of hydrogen-bond acceptors (Lipinski definition) is 6. The van der Waals surface area contributed by atoms with Gasteiger partial charge < -0.3 is 9.26 Å². The van der Waals surface area contributed by atoms with Gasteiger partial charge >= 0.3 is 0 Å². The Morgan fingerprint density at radius 2 is 2.24 bits per heavy atom. The third kappa shape index (κ3) is 4.78. The van der Waals surface area contributed by atoms with Gasteiger partial charge in [0.25, 0.3) is 0 Å². The van der Waals surface area contributed by atoms with Crippen molar-refractivity contribution in [2.75, 3.05) is 19.5 Å². The molecule has 0 aliphatic heterocycles. The molecule has 0 spiro atoms. The molecule has 1 N–H and O–H groups in total. The Labute approximate surface area is 127 Å². The summed E-state index contributed by atoms with van der Waals surface area (Å²) in [7, 11) is -1.99. The lowest BCUT2D eigenvalue weighted by Crippen LogP contribution is -2.27. The minimum Gasteiger partial charge on any atom is -0.384 e. The van der Waals surface area contributed by atoms with Crippen LogP contribution in [0.5, 0.6) is 0 Å². The topological polar surface area (TPSA) is 94.3 Å². The van der Waals surface area contributed by atoms with Crippen molar-refractivity contribution in [3.63, 3.8) is 0 Å². The number of rotatable bonds is 7. The van der Waals surface area contributed by atoms with Crippen LogP contribution < -0.4 is 4.72 Å². The zero-order chi connectivity index (χ0) is 15.3. The van der Waals surface area contributed by atoms with Gasteiger partial charge in [-0.05, 0) is 12.1 Å². The molecule has 0 radical (unpaired) electrons. The van der Waals surface area contributed by atoms with Gasteiger partial charge in [-0.15, -0.1) is 0 Å². The maximum atomic E-state index is 11.6. The minimum atomic E-state index is -3.43. The van der Waals surface area contributed by atoms with Gasteiger partial charge in [-0.25, -0.2) is 13.1 Å². The fourth-order valence-electron chi connectivity index (χ4n) is 1.51. The van der Waals surface area contributed by atoms with Crippen LogP contribution in [0.4, 0.5) is 0 Å². The number of sulfonamides is 1. The van der Waals surface area contributed by atoms with E-state index in [-0.39, 0.29) is 24.8 Å². The fourth-order valence-corrected chi connectivity index (χ4v) is 2.57. The van der Waals surface area contributed by atoms with Crippen LogP contribution in [0.15, 0.2) is 28.8 Å². The minimum absolute atomic E-state index is 0.0698. The van der Waals surface area contributed by atoms with E-state index >= 15 is 0 Å². The van der Waals surface area contributed by atoms with E-state index < -0.39 is 10.0 Å². The quantitative estimate of drug-likeness (QED) is 0.825. The second-order valence-corrected chi connectivity index (χ2v) is 6.52. The Balaban J connectivity index is 2.01. The average molecular weight is 332 g/mol. The maximum Gasteiger partial charge on any atom is 0.242 e. The molecule has 2 rings (SSSR count). The predicted octanol–water partition coefficient (Wildman–Crippen LogP) is 1.46. The molecule has 0 saturated heterocycles. The van der Waals surface area contributed by atoms with Crippen molar-refractivity contribution in [1.29, 1.82) is 0 Å². The molecular weight excluding hydrogens is 318 g/mol. The van der Waals surface area contributed by atoms with Crippen LogP contribution >= 0.6 is 11.6 Å². The highest BCUT2D eigenvalue weighted by Gasteiger charge is 2.13. The Morgan fingerprint density at radius 3 is 2.95 bits per heavy atom. The molecule has 0 aliphatic carbocycles. The second kappa shape index (κ2) is 6.99. The summed E-state index contributed by atoms with van der Waals surface area (Å²) in [6, 6.07) is 6.97. The summed E-state index contributed by atoms with van der Waals surface area (Å²) in [5, 5.41) is 4.34. The summed E-state index contributed by atoms with van der Waals surface area (Å²) < 4.78 is 35.2. The standard InChI is InChI=1S/C12H14ClN3O4S/c1-19-5-6-21(17,18)14-8-11-15-12(16-20-11)9-3-2-4-10(13)7-9/h2-4,7,14H,5-6,8H2,1H3. The lowest BCUT2D eigenvalue weighted by atomic mass is 10.2. The molecule has 2 aromatic rings. The van der Waals surface area contributed by atoms with Crippen molar-refractivity contribution in [3.05, 3.63) is 35.2 Å². The van der Waals surface area contributed by atoms with E-state index in [9.17, 15) is 8.42 Å². The van der Waals surface area contributed by atoms with E-state index in [1.165, 1.54) is 7.11 Å². The number of methoxy groups -OCH3 is 1. The smallest absolute Gasteiger partial charge is 0.242 e. The van der Waals surface area contributed by atoms with Gasteiger partial charge in [0.2, 0.25) is 21.7 Å². The average Bonchev–Trinajstić information content (AvgIpc) is 2.92. The van der Waals surface area contributed by atoms with Crippen LogP contribution in [0.1, 0.15) is 5.89 Å². The fraction of sp³-hybridized carbons (Fsp3) is 0.333. The second-order valence-electron chi connectivity index (χ2n) is 4.15. The van der Waals surface area contributed by atoms with Gasteiger partial charge in [0, 0.05) is 17.7 Å². The van der Waals surface area contributed by atoms with Crippen LogP contribution in [0.2, 0.25) is 5.02 Å². The van der Waals surface area contributed by atoms with Crippen LogP contribution in [-0.4, -0.2) is 38.0 Å². The molecule has 0 aliphatic rings. The summed E-state index contributed by atoms with van der Waals surface area (Å²) >= 11 is 5.88. The van der Waals surface area contributed by atoms with E-state index in [0.717, 1.165) is 0 Å². The van der Waals surface area contributed by atoms with Crippen LogP contribution in [0.25, 0.3) is 11.4 Å². The van der Waals surface area contributed by atoms with Gasteiger partial charge in [-0.1, -0.05) is 28.9 Å². The number of hydrogen-bond donors (Lipinski definition) is 1. The molecule has 0 fully saturated rings. The third-order valence-electron chi connectivity index (χ3n) is 2.55. The first-order valence-corrected chi connectivity index (χ1v) is 8.08. The summed E-state index contributed by atoms with van der Waals surface area (Å²) in [5.74, 6) is 0.397. The molecular formula is C12H14ClN3O4S. The maximum absolute atomic E-state index is 11.6. The van der Waals surface area contributed by atoms with Crippen molar-refractivity contribution in [2.24, 2.45) is 0 Å². The van der Waals surface area contributed by atoms with Gasteiger partial charge in [0.15, 0.2) is 0 Å². The Hall–Kier alpha value is -1.48. The lowest BCUT2D eigenvalue weighted by Gasteiger charge is -2.02. The number of benzene rings is 1. The molecule has 0 amide bonds. The summed E-state index contributed by atoms with van der Waals surface area (Å²) in [6.45, 7) is 0.0482. The van der Waals surface area contributed by atoms with E-state index in [0.29, 0.717) is 16.4 Å². The Kier molecular flexibility index (Phi) is 5.29. The highest BCUT2D eigenvalue weighted by atomic mass is 35.5. The molecule has 0 atom stereocenters. The molecule has 0 saturated carbocycles.